The SMILES string of the molecule is FC(F)(F)c1cc(-c2nc(N3CCOCC3)nc(N3CCN(c4ccccn4)CC3)n2)cc(C(F)(F)F)c1. The Balaban J connectivity index is 1.53. The van der Waals surface area contributed by atoms with Crippen LogP contribution in [0.25, 0.3) is 11.4 Å². The first kappa shape index (κ1) is 25.9. The molecule has 0 atom stereocenters. The molecule has 1 aromatic carbocycles. The highest BCUT2D eigenvalue weighted by molar-refractivity contribution is 5.62. The van der Waals surface area contributed by atoms with Gasteiger partial charge in [0.2, 0.25) is 11.9 Å². The molecule has 0 aliphatic carbocycles. The lowest BCUT2D eigenvalue weighted by atomic mass is 10.0. The Morgan fingerprint density at radius 1 is 0.658 bits per heavy atom. The summed E-state index contributed by atoms with van der Waals surface area (Å²) >= 11 is 0. The third kappa shape index (κ3) is 5.74. The molecule has 4 heterocycles. The van der Waals surface area contributed by atoms with E-state index in [1.165, 1.54) is 0 Å². The summed E-state index contributed by atoms with van der Waals surface area (Å²) in [6.45, 7) is 3.72. The van der Waals surface area contributed by atoms with Gasteiger partial charge in [-0.2, -0.15) is 41.3 Å². The number of ether oxygens (including phenoxy) is 1. The Morgan fingerprint density at radius 2 is 1.21 bits per heavy atom. The fraction of sp³-hybridized carbons (Fsp3) is 0.417. The number of hydrogen-bond acceptors (Lipinski definition) is 8. The molecule has 3 aromatic rings. The van der Waals surface area contributed by atoms with Crippen LogP contribution < -0.4 is 14.7 Å². The van der Waals surface area contributed by atoms with Crippen LogP contribution in [0.5, 0.6) is 0 Å². The van der Waals surface area contributed by atoms with Gasteiger partial charge in [0, 0.05) is 51.0 Å². The number of nitrogens with zero attached hydrogens (tertiary/aromatic N) is 7. The van der Waals surface area contributed by atoms with Crippen molar-refractivity contribution in [1.29, 1.82) is 0 Å². The Kier molecular flexibility index (Phi) is 6.99. The van der Waals surface area contributed by atoms with Crippen LogP contribution in [-0.4, -0.2) is 72.4 Å². The van der Waals surface area contributed by atoms with Gasteiger partial charge in [-0.1, -0.05) is 6.07 Å². The van der Waals surface area contributed by atoms with E-state index in [1.807, 2.05) is 23.1 Å². The van der Waals surface area contributed by atoms with Crippen molar-refractivity contribution in [3.8, 4) is 11.4 Å². The molecule has 2 aromatic heterocycles. The van der Waals surface area contributed by atoms with E-state index in [1.54, 1.807) is 11.1 Å². The number of piperazine rings is 1. The highest BCUT2D eigenvalue weighted by Gasteiger charge is 2.37. The van der Waals surface area contributed by atoms with Crippen molar-refractivity contribution in [3.05, 3.63) is 53.7 Å². The van der Waals surface area contributed by atoms with E-state index in [0.717, 1.165) is 5.82 Å². The van der Waals surface area contributed by atoms with E-state index in [4.69, 9.17) is 4.74 Å². The Morgan fingerprint density at radius 3 is 1.74 bits per heavy atom. The third-order valence-electron chi connectivity index (χ3n) is 6.29. The largest absolute Gasteiger partial charge is 0.416 e. The number of halogens is 6. The molecule has 2 aliphatic heterocycles. The van der Waals surface area contributed by atoms with Gasteiger partial charge < -0.3 is 19.4 Å². The summed E-state index contributed by atoms with van der Waals surface area (Å²) in [6.07, 6.45) is -8.28. The molecule has 2 fully saturated rings. The summed E-state index contributed by atoms with van der Waals surface area (Å²) in [5.41, 5.74) is -3.25. The molecule has 0 radical (unpaired) electrons. The zero-order valence-electron chi connectivity index (χ0n) is 20.0. The lowest BCUT2D eigenvalue weighted by molar-refractivity contribution is -0.143. The number of aromatic nitrogens is 4. The highest BCUT2D eigenvalue weighted by atomic mass is 19.4. The summed E-state index contributed by atoms with van der Waals surface area (Å²) in [4.78, 5) is 23.2. The summed E-state index contributed by atoms with van der Waals surface area (Å²) in [7, 11) is 0. The van der Waals surface area contributed by atoms with Crippen LogP contribution in [0.1, 0.15) is 11.1 Å². The van der Waals surface area contributed by atoms with E-state index in [9.17, 15) is 26.3 Å². The van der Waals surface area contributed by atoms with Crippen LogP contribution in [0, 0.1) is 0 Å². The molecule has 38 heavy (non-hydrogen) atoms. The second kappa shape index (κ2) is 10.2. The van der Waals surface area contributed by atoms with Crippen molar-refractivity contribution in [2.75, 3.05) is 67.2 Å². The Hall–Kier alpha value is -3.68. The maximum absolute atomic E-state index is 13.5. The topological polar surface area (TPSA) is 70.5 Å². The lowest BCUT2D eigenvalue weighted by Crippen LogP contribution is -2.47. The van der Waals surface area contributed by atoms with Gasteiger partial charge in [0.15, 0.2) is 5.82 Å². The van der Waals surface area contributed by atoms with Crippen LogP contribution in [-0.2, 0) is 17.1 Å². The zero-order chi connectivity index (χ0) is 26.9. The number of benzene rings is 1. The Labute approximate surface area is 213 Å². The molecular weight excluding hydrogens is 516 g/mol. The van der Waals surface area contributed by atoms with Gasteiger partial charge in [-0.15, -0.1) is 0 Å². The molecule has 202 valence electrons. The van der Waals surface area contributed by atoms with Gasteiger partial charge in [0.25, 0.3) is 0 Å². The number of rotatable bonds is 4. The quantitative estimate of drug-likeness (QED) is 0.459. The van der Waals surface area contributed by atoms with E-state index >= 15 is 0 Å². The van der Waals surface area contributed by atoms with Crippen molar-refractivity contribution in [2.24, 2.45) is 0 Å². The highest BCUT2D eigenvalue weighted by Crippen LogP contribution is 2.38. The van der Waals surface area contributed by atoms with Crippen LogP contribution in [0.3, 0.4) is 0 Å². The van der Waals surface area contributed by atoms with Crippen molar-refractivity contribution >= 4 is 17.7 Å². The molecule has 5 rings (SSSR count). The van der Waals surface area contributed by atoms with Crippen molar-refractivity contribution in [3.63, 3.8) is 0 Å². The van der Waals surface area contributed by atoms with Gasteiger partial charge in [-0.3, -0.25) is 0 Å². The maximum atomic E-state index is 13.5. The van der Waals surface area contributed by atoms with Gasteiger partial charge >= 0.3 is 12.4 Å². The van der Waals surface area contributed by atoms with Gasteiger partial charge in [-0.05, 0) is 30.3 Å². The van der Waals surface area contributed by atoms with Crippen molar-refractivity contribution < 1.29 is 31.1 Å². The van der Waals surface area contributed by atoms with Crippen molar-refractivity contribution in [1.82, 2.24) is 19.9 Å². The van der Waals surface area contributed by atoms with E-state index < -0.39 is 29.0 Å². The number of pyridine rings is 1. The first-order valence-corrected chi connectivity index (χ1v) is 11.9. The first-order chi connectivity index (χ1) is 18.1. The van der Waals surface area contributed by atoms with Crippen LogP contribution in [0.2, 0.25) is 0 Å². The summed E-state index contributed by atoms with van der Waals surface area (Å²) in [5.74, 6) is 0.899. The van der Waals surface area contributed by atoms with Gasteiger partial charge in [0.1, 0.15) is 5.82 Å². The standard InChI is InChI=1S/C24H23F6N7O/c25-23(26,27)17-13-16(14-18(15-17)24(28,29)30)20-32-21(34-22(33-20)37-9-11-38-12-10-37)36-7-5-35(6-8-36)19-3-1-2-4-31-19/h1-4,13-15H,5-12H2. The second-order valence-corrected chi connectivity index (χ2v) is 8.82. The van der Waals surface area contributed by atoms with Crippen LogP contribution in [0.15, 0.2) is 42.6 Å². The number of alkyl halides is 6. The van der Waals surface area contributed by atoms with E-state index in [2.05, 4.69) is 24.8 Å². The summed E-state index contributed by atoms with van der Waals surface area (Å²) < 4.78 is 86.4. The molecule has 0 spiro atoms. The minimum absolute atomic E-state index is 0.0886. The fourth-order valence-corrected chi connectivity index (χ4v) is 4.29. The number of anilines is 3. The third-order valence-corrected chi connectivity index (χ3v) is 6.29. The minimum Gasteiger partial charge on any atom is -0.378 e. The lowest BCUT2D eigenvalue weighted by Gasteiger charge is -2.36. The van der Waals surface area contributed by atoms with Crippen LogP contribution in [0.4, 0.5) is 44.1 Å². The van der Waals surface area contributed by atoms with E-state index in [0.29, 0.717) is 64.6 Å². The van der Waals surface area contributed by atoms with Crippen molar-refractivity contribution in [2.45, 2.75) is 12.4 Å². The fourth-order valence-electron chi connectivity index (χ4n) is 4.29. The molecule has 0 N–H and O–H groups in total. The minimum atomic E-state index is -4.99. The average Bonchev–Trinajstić information content (AvgIpc) is 2.93. The molecule has 0 saturated carbocycles. The zero-order valence-corrected chi connectivity index (χ0v) is 20.0. The predicted octanol–water partition coefficient (Wildman–Crippen LogP) is 4.13. The monoisotopic (exact) mass is 539 g/mol. The smallest absolute Gasteiger partial charge is 0.378 e. The maximum Gasteiger partial charge on any atom is 0.416 e. The normalized spacial score (nSPS) is 17.2. The average molecular weight is 539 g/mol. The molecular formula is C24H23F6N7O. The molecule has 2 saturated heterocycles. The van der Waals surface area contributed by atoms with Gasteiger partial charge in [-0.25, -0.2) is 4.98 Å². The van der Waals surface area contributed by atoms with Gasteiger partial charge in [0.05, 0.1) is 24.3 Å². The molecule has 0 bridgehead atoms. The molecule has 0 amide bonds. The Bertz CT molecular complexity index is 1230. The molecule has 2 aliphatic rings. The molecule has 14 heteroatoms. The second-order valence-electron chi connectivity index (χ2n) is 8.82. The first-order valence-electron chi connectivity index (χ1n) is 11.9. The molecule has 0 unspecified atom stereocenters. The van der Waals surface area contributed by atoms with Crippen LogP contribution >= 0.6 is 0 Å². The number of hydrogen-bond donors (Lipinski definition) is 0. The summed E-state index contributed by atoms with van der Waals surface area (Å²) in [6, 6.07) is 6.94. The summed E-state index contributed by atoms with van der Waals surface area (Å²) in [5, 5.41) is 0. The molecule has 8 nitrogen and oxygen atoms in total. The van der Waals surface area contributed by atoms with E-state index in [-0.39, 0.29) is 23.8 Å². The number of morpholine rings is 1. The predicted molar refractivity (Wildman–Crippen MR) is 127 cm³/mol.